The quantitative estimate of drug-likeness (QED) is 0.713. The summed E-state index contributed by atoms with van der Waals surface area (Å²) in [6, 6.07) is 0.581. The maximum absolute atomic E-state index is 10.2. The first-order chi connectivity index (χ1) is 6.57. The van der Waals surface area contributed by atoms with E-state index in [2.05, 4.69) is 18.7 Å². The van der Waals surface area contributed by atoms with Gasteiger partial charge in [0.25, 0.3) is 0 Å². The van der Waals surface area contributed by atoms with Crippen LogP contribution in [0.2, 0.25) is 0 Å². The molecule has 0 atom stereocenters. The lowest BCUT2D eigenvalue weighted by atomic mass is 9.87. The minimum absolute atomic E-state index is 0.191. The summed E-state index contributed by atoms with van der Waals surface area (Å²) in [4.78, 5) is 2.40. The van der Waals surface area contributed by atoms with Crippen LogP contribution in [0.15, 0.2) is 0 Å². The topological polar surface area (TPSA) is 43.7 Å². The number of likely N-dealkylation sites (tertiary alicyclic amines) is 1. The Morgan fingerprint density at radius 1 is 1.29 bits per heavy atom. The van der Waals surface area contributed by atoms with Crippen LogP contribution in [-0.4, -0.2) is 46.5 Å². The van der Waals surface area contributed by atoms with E-state index in [1.54, 1.807) is 0 Å². The predicted octanol–water partition coefficient (Wildman–Crippen LogP) is 0.994. The second-order valence-electron chi connectivity index (χ2n) is 4.68. The van der Waals surface area contributed by atoms with Gasteiger partial charge in [-0.15, -0.1) is 0 Å². The van der Waals surface area contributed by atoms with E-state index >= 15 is 0 Å². The zero-order chi connectivity index (χ0) is 10.6. The van der Waals surface area contributed by atoms with E-state index in [0.717, 1.165) is 38.8 Å². The van der Waals surface area contributed by atoms with Gasteiger partial charge in [-0.25, -0.2) is 0 Å². The lowest BCUT2D eigenvalue weighted by molar-refractivity contribution is -0.0372. The first kappa shape index (κ1) is 12.0. The zero-order valence-electron chi connectivity index (χ0n) is 9.37. The van der Waals surface area contributed by atoms with Crippen molar-refractivity contribution in [3.8, 4) is 0 Å². The molecule has 0 unspecified atom stereocenters. The van der Waals surface area contributed by atoms with E-state index < -0.39 is 5.60 Å². The Bertz CT molecular complexity index is 163. The second kappa shape index (κ2) is 5.10. The molecule has 2 N–H and O–H groups in total. The van der Waals surface area contributed by atoms with Crippen LogP contribution in [0.25, 0.3) is 0 Å². The molecule has 0 bridgehead atoms. The molecule has 1 fully saturated rings. The second-order valence-corrected chi connectivity index (χ2v) is 4.68. The zero-order valence-corrected chi connectivity index (χ0v) is 9.37. The minimum Gasteiger partial charge on any atom is -0.396 e. The van der Waals surface area contributed by atoms with Crippen LogP contribution in [0, 0.1) is 0 Å². The van der Waals surface area contributed by atoms with Gasteiger partial charge in [-0.1, -0.05) is 0 Å². The maximum Gasteiger partial charge on any atom is 0.0673 e. The van der Waals surface area contributed by atoms with Crippen LogP contribution in [0.5, 0.6) is 0 Å². The van der Waals surface area contributed by atoms with Crippen molar-refractivity contribution in [2.24, 2.45) is 0 Å². The van der Waals surface area contributed by atoms with Gasteiger partial charge in [-0.3, -0.25) is 0 Å². The molecule has 1 heterocycles. The molecule has 1 saturated heterocycles. The molecule has 14 heavy (non-hydrogen) atoms. The summed E-state index contributed by atoms with van der Waals surface area (Å²) in [5, 5.41) is 18.9. The molecule has 0 spiro atoms. The average molecular weight is 201 g/mol. The summed E-state index contributed by atoms with van der Waals surface area (Å²) >= 11 is 0. The fourth-order valence-electron chi connectivity index (χ4n) is 2.11. The Hall–Kier alpha value is -0.120. The Kier molecular flexibility index (Phi) is 4.35. The van der Waals surface area contributed by atoms with Crippen LogP contribution < -0.4 is 0 Å². The maximum atomic E-state index is 10.2. The van der Waals surface area contributed by atoms with Crippen molar-refractivity contribution in [2.75, 3.05) is 19.7 Å². The molecule has 0 aromatic rings. The van der Waals surface area contributed by atoms with Gasteiger partial charge in [0.2, 0.25) is 0 Å². The molecular formula is C11H23NO2. The SMILES string of the molecule is CC(C)N1CCC(O)(CCCO)CC1. The van der Waals surface area contributed by atoms with Crippen LogP contribution >= 0.6 is 0 Å². The summed E-state index contributed by atoms with van der Waals surface area (Å²) in [7, 11) is 0. The lowest BCUT2D eigenvalue weighted by Gasteiger charge is -2.40. The largest absolute Gasteiger partial charge is 0.396 e. The van der Waals surface area contributed by atoms with Gasteiger partial charge in [0.1, 0.15) is 0 Å². The fraction of sp³-hybridized carbons (Fsp3) is 1.00. The molecule has 0 radical (unpaired) electrons. The Morgan fingerprint density at radius 2 is 1.86 bits per heavy atom. The number of piperidine rings is 1. The van der Waals surface area contributed by atoms with E-state index in [1.807, 2.05) is 0 Å². The third kappa shape index (κ3) is 3.23. The molecule has 1 aliphatic heterocycles. The highest BCUT2D eigenvalue weighted by Crippen LogP contribution is 2.27. The molecule has 0 aromatic carbocycles. The Balaban J connectivity index is 2.33. The van der Waals surface area contributed by atoms with Crippen LogP contribution in [0.3, 0.4) is 0 Å². The molecule has 0 amide bonds. The fourth-order valence-corrected chi connectivity index (χ4v) is 2.11. The third-order valence-corrected chi connectivity index (χ3v) is 3.26. The molecule has 84 valence electrons. The van der Waals surface area contributed by atoms with Crippen molar-refractivity contribution in [1.29, 1.82) is 0 Å². The number of hydrogen-bond acceptors (Lipinski definition) is 3. The number of aliphatic hydroxyl groups is 2. The predicted molar refractivity (Wildman–Crippen MR) is 57.2 cm³/mol. The van der Waals surface area contributed by atoms with Gasteiger partial charge in [0, 0.05) is 25.7 Å². The Labute approximate surface area is 86.7 Å². The molecule has 1 rings (SSSR count). The van der Waals surface area contributed by atoms with Gasteiger partial charge in [0.15, 0.2) is 0 Å². The first-order valence-corrected chi connectivity index (χ1v) is 5.65. The molecule has 3 nitrogen and oxygen atoms in total. The van der Waals surface area contributed by atoms with E-state index in [-0.39, 0.29) is 6.61 Å². The van der Waals surface area contributed by atoms with E-state index in [0.29, 0.717) is 6.04 Å². The highest BCUT2D eigenvalue weighted by molar-refractivity contribution is 4.86. The van der Waals surface area contributed by atoms with Crippen molar-refractivity contribution < 1.29 is 10.2 Å². The molecule has 3 heteroatoms. The molecular weight excluding hydrogens is 178 g/mol. The first-order valence-electron chi connectivity index (χ1n) is 5.65. The van der Waals surface area contributed by atoms with Crippen molar-refractivity contribution in [3.05, 3.63) is 0 Å². The van der Waals surface area contributed by atoms with Crippen LogP contribution in [0.1, 0.15) is 39.5 Å². The normalized spacial score (nSPS) is 22.9. The highest BCUT2D eigenvalue weighted by Gasteiger charge is 2.32. The van der Waals surface area contributed by atoms with E-state index in [9.17, 15) is 5.11 Å². The van der Waals surface area contributed by atoms with Gasteiger partial charge >= 0.3 is 0 Å². The van der Waals surface area contributed by atoms with Gasteiger partial charge < -0.3 is 15.1 Å². The van der Waals surface area contributed by atoms with Crippen molar-refractivity contribution in [3.63, 3.8) is 0 Å². The molecule has 0 aromatic heterocycles. The summed E-state index contributed by atoms with van der Waals surface area (Å²) in [5.41, 5.74) is -0.506. The van der Waals surface area contributed by atoms with Crippen LogP contribution in [0.4, 0.5) is 0 Å². The number of nitrogens with zero attached hydrogens (tertiary/aromatic N) is 1. The van der Waals surface area contributed by atoms with Crippen molar-refractivity contribution in [2.45, 2.75) is 51.2 Å². The smallest absolute Gasteiger partial charge is 0.0673 e. The van der Waals surface area contributed by atoms with Crippen molar-refractivity contribution >= 4 is 0 Å². The molecule has 0 aliphatic carbocycles. The summed E-state index contributed by atoms with van der Waals surface area (Å²) in [6.07, 6.45) is 3.17. The van der Waals surface area contributed by atoms with E-state index in [1.165, 1.54) is 0 Å². The highest BCUT2D eigenvalue weighted by atomic mass is 16.3. The Morgan fingerprint density at radius 3 is 2.29 bits per heavy atom. The van der Waals surface area contributed by atoms with Gasteiger partial charge in [-0.05, 0) is 39.5 Å². The number of aliphatic hydroxyl groups excluding tert-OH is 1. The van der Waals surface area contributed by atoms with Gasteiger partial charge in [0.05, 0.1) is 5.60 Å². The lowest BCUT2D eigenvalue weighted by Crippen LogP contribution is -2.46. The van der Waals surface area contributed by atoms with E-state index in [4.69, 9.17) is 5.11 Å². The third-order valence-electron chi connectivity index (χ3n) is 3.26. The monoisotopic (exact) mass is 201 g/mol. The van der Waals surface area contributed by atoms with Crippen molar-refractivity contribution in [1.82, 2.24) is 4.90 Å². The summed E-state index contributed by atoms with van der Waals surface area (Å²) < 4.78 is 0. The average Bonchev–Trinajstić information content (AvgIpc) is 2.16. The van der Waals surface area contributed by atoms with Gasteiger partial charge in [-0.2, -0.15) is 0 Å². The molecule has 0 saturated carbocycles. The summed E-state index contributed by atoms with van der Waals surface area (Å²) in [6.45, 7) is 6.55. The van der Waals surface area contributed by atoms with Crippen LogP contribution in [-0.2, 0) is 0 Å². The molecule has 1 aliphatic rings. The standard InChI is InChI=1S/C11H23NO2/c1-10(2)12-7-5-11(14,6-8-12)4-3-9-13/h10,13-14H,3-9H2,1-2H3. The minimum atomic E-state index is -0.506. The summed E-state index contributed by atoms with van der Waals surface area (Å²) in [5.74, 6) is 0. The number of hydrogen-bond donors (Lipinski definition) is 2. The number of rotatable bonds is 4.